The number of carbonyl (C=O) groups is 3. The van der Waals surface area contributed by atoms with Crippen LogP contribution in [0.5, 0.6) is 0 Å². The molecule has 1 unspecified atom stereocenters. The number of carboxylic acid groups (broad SMARTS) is 1. The lowest BCUT2D eigenvalue weighted by Crippen LogP contribution is -2.59. The van der Waals surface area contributed by atoms with Crippen LogP contribution in [-0.2, 0) is 19.1 Å². The van der Waals surface area contributed by atoms with Gasteiger partial charge in [-0.2, -0.15) is 0 Å². The molecule has 2 aliphatic rings. The number of carbonyl (C=O) groups excluding carboxylic acids is 2. The molecule has 1 aliphatic heterocycles. The van der Waals surface area contributed by atoms with E-state index in [-0.39, 0.29) is 38.6 Å². The second kappa shape index (κ2) is 9.00. The van der Waals surface area contributed by atoms with Crippen LogP contribution in [0.3, 0.4) is 0 Å². The van der Waals surface area contributed by atoms with Gasteiger partial charge in [0.1, 0.15) is 12.6 Å². The van der Waals surface area contributed by atoms with Crippen molar-refractivity contribution in [1.82, 2.24) is 10.6 Å². The van der Waals surface area contributed by atoms with Gasteiger partial charge in [0.05, 0.1) is 6.61 Å². The normalized spacial score (nSPS) is 20.2. The maximum atomic E-state index is 12.7. The fourth-order valence-corrected chi connectivity index (χ4v) is 4.34. The van der Waals surface area contributed by atoms with Gasteiger partial charge in [-0.25, -0.2) is 9.59 Å². The Labute approximate surface area is 185 Å². The highest BCUT2D eigenvalue weighted by Gasteiger charge is 2.45. The molecule has 0 spiro atoms. The minimum absolute atomic E-state index is 0.0898. The molecule has 1 saturated heterocycles. The van der Waals surface area contributed by atoms with E-state index in [1.54, 1.807) is 6.92 Å². The van der Waals surface area contributed by atoms with Crippen LogP contribution in [0, 0.1) is 0 Å². The molecule has 168 valence electrons. The van der Waals surface area contributed by atoms with Crippen LogP contribution in [-0.4, -0.2) is 54.5 Å². The number of hydrogen-bond acceptors (Lipinski definition) is 5. The molecule has 3 N–H and O–H groups in total. The van der Waals surface area contributed by atoms with E-state index >= 15 is 0 Å². The Morgan fingerprint density at radius 2 is 1.75 bits per heavy atom. The Balaban J connectivity index is 1.39. The Morgan fingerprint density at radius 3 is 2.28 bits per heavy atom. The maximum absolute atomic E-state index is 12.7. The summed E-state index contributed by atoms with van der Waals surface area (Å²) >= 11 is 0. The summed E-state index contributed by atoms with van der Waals surface area (Å²) in [5.41, 5.74) is 2.97. The number of benzene rings is 2. The van der Waals surface area contributed by atoms with Gasteiger partial charge in [-0.3, -0.25) is 4.79 Å². The fourth-order valence-electron chi connectivity index (χ4n) is 4.34. The van der Waals surface area contributed by atoms with Crippen molar-refractivity contribution < 1.29 is 29.0 Å². The molecule has 8 heteroatoms. The molecular weight excluding hydrogens is 412 g/mol. The number of alkyl carbamates (subject to hydrolysis) is 1. The van der Waals surface area contributed by atoms with E-state index in [2.05, 4.69) is 22.8 Å². The van der Waals surface area contributed by atoms with E-state index in [4.69, 9.17) is 9.47 Å². The number of ether oxygens (including phenoxy) is 2. The molecule has 1 aliphatic carbocycles. The van der Waals surface area contributed by atoms with Crippen molar-refractivity contribution in [3.05, 3.63) is 59.7 Å². The predicted octanol–water partition coefficient (Wildman–Crippen LogP) is 2.66. The van der Waals surface area contributed by atoms with Crippen LogP contribution in [0.2, 0.25) is 0 Å². The maximum Gasteiger partial charge on any atom is 0.407 e. The van der Waals surface area contributed by atoms with E-state index in [9.17, 15) is 19.5 Å². The lowest BCUT2D eigenvalue weighted by Gasteiger charge is -2.26. The smallest absolute Gasteiger partial charge is 0.407 e. The van der Waals surface area contributed by atoms with E-state index in [0.717, 1.165) is 22.3 Å². The van der Waals surface area contributed by atoms with E-state index in [0.29, 0.717) is 0 Å². The molecule has 0 aromatic heterocycles. The standard InChI is InChI=1S/C24H26N2O6/c1-2-20(21(27)26-24(22(28)29)11-12-31-14-24)25-23(30)32-13-19-17-9-5-3-7-15(17)16-8-4-6-10-18(16)19/h3-10,19-20H,2,11-14H2,1H3,(H,25,30)(H,26,27)(H,28,29)/t20-,24?/m1/s1. The number of hydrogen-bond donors (Lipinski definition) is 3. The van der Waals surface area contributed by atoms with Gasteiger partial charge in [0, 0.05) is 18.9 Å². The first-order chi connectivity index (χ1) is 15.4. The van der Waals surface area contributed by atoms with Crippen molar-refractivity contribution in [3.8, 4) is 11.1 Å². The van der Waals surface area contributed by atoms with Gasteiger partial charge >= 0.3 is 12.1 Å². The third-order valence-corrected chi connectivity index (χ3v) is 6.15. The van der Waals surface area contributed by atoms with Crippen molar-refractivity contribution >= 4 is 18.0 Å². The van der Waals surface area contributed by atoms with Crippen LogP contribution in [0.15, 0.2) is 48.5 Å². The first-order valence-electron chi connectivity index (χ1n) is 10.7. The first-order valence-corrected chi connectivity index (χ1v) is 10.7. The summed E-state index contributed by atoms with van der Waals surface area (Å²) in [5.74, 6) is -1.82. The molecule has 1 heterocycles. The zero-order chi connectivity index (χ0) is 22.7. The molecular formula is C24H26N2O6. The average molecular weight is 438 g/mol. The minimum Gasteiger partial charge on any atom is -0.479 e. The first kappa shape index (κ1) is 21.8. The Morgan fingerprint density at radius 1 is 1.12 bits per heavy atom. The van der Waals surface area contributed by atoms with Crippen LogP contribution in [0.1, 0.15) is 36.8 Å². The average Bonchev–Trinajstić information content (AvgIpc) is 3.40. The summed E-state index contributed by atoms with van der Waals surface area (Å²) in [6, 6.07) is 15.1. The van der Waals surface area contributed by atoms with Crippen LogP contribution in [0.4, 0.5) is 4.79 Å². The van der Waals surface area contributed by atoms with E-state index < -0.39 is 29.6 Å². The van der Waals surface area contributed by atoms with Gasteiger partial charge in [-0.15, -0.1) is 0 Å². The number of nitrogens with one attached hydrogen (secondary N) is 2. The van der Waals surface area contributed by atoms with Crippen LogP contribution in [0.25, 0.3) is 11.1 Å². The second-order valence-electron chi connectivity index (χ2n) is 8.11. The molecule has 0 radical (unpaired) electrons. The number of aliphatic carboxylic acids is 1. The largest absolute Gasteiger partial charge is 0.479 e. The summed E-state index contributed by atoms with van der Waals surface area (Å²) in [6.45, 7) is 2.01. The van der Waals surface area contributed by atoms with E-state index in [1.165, 1.54) is 0 Å². The zero-order valence-corrected chi connectivity index (χ0v) is 17.8. The number of amides is 2. The number of rotatable bonds is 7. The molecule has 2 atom stereocenters. The van der Waals surface area contributed by atoms with Gasteiger partial charge in [-0.05, 0) is 28.7 Å². The van der Waals surface area contributed by atoms with Crippen molar-refractivity contribution in [2.24, 2.45) is 0 Å². The third kappa shape index (κ3) is 4.05. The summed E-state index contributed by atoms with van der Waals surface area (Å²) < 4.78 is 10.7. The highest BCUT2D eigenvalue weighted by atomic mass is 16.5. The van der Waals surface area contributed by atoms with Crippen molar-refractivity contribution in [3.63, 3.8) is 0 Å². The summed E-state index contributed by atoms with van der Waals surface area (Å²) in [7, 11) is 0. The van der Waals surface area contributed by atoms with Gasteiger partial charge in [0.25, 0.3) is 0 Å². The summed E-state index contributed by atoms with van der Waals surface area (Å²) in [5, 5.41) is 14.6. The van der Waals surface area contributed by atoms with Crippen molar-refractivity contribution in [2.45, 2.75) is 37.3 Å². The van der Waals surface area contributed by atoms with Gasteiger partial charge in [0.15, 0.2) is 5.54 Å². The highest BCUT2D eigenvalue weighted by molar-refractivity contribution is 5.91. The Kier molecular flexibility index (Phi) is 6.14. The molecule has 2 amide bonds. The SMILES string of the molecule is CC[C@@H](NC(=O)OCC1c2ccccc2-c2ccccc21)C(=O)NC1(C(=O)O)CCOC1. The van der Waals surface area contributed by atoms with Crippen molar-refractivity contribution in [2.75, 3.05) is 19.8 Å². The Hall–Kier alpha value is -3.39. The van der Waals surface area contributed by atoms with Crippen molar-refractivity contribution in [1.29, 1.82) is 0 Å². The highest BCUT2D eigenvalue weighted by Crippen LogP contribution is 2.44. The summed E-state index contributed by atoms with van der Waals surface area (Å²) in [6.07, 6.45) is -0.261. The minimum atomic E-state index is -1.46. The number of carboxylic acids is 1. The predicted molar refractivity (Wildman–Crippen MR) is 116 cm³/mol. The second-order valence-corrected chi connectivity index (χ2v) is 8.11. The molecule has 2 aromatic carbocycles. The summed E-state index contributed by atoms with van der Waals surface area (Å²) in [4.78, 5) is 36.8. The zero-order valence-electron chi connectivity index (χ0n) is 17.8. The Bertz CT molecular complexity index is 985. The molecule has 2 aromatic rings. The third-order valence-electron chi connectivity index (χ3n) is 6.15. The molecule has 0 bridgehead atoms. The monoisotopic (exact) mass is 438 g/mol. The van der Waals surface area contributed by atoms with Crippen LogP contribution >= 0.6 is 0 Å². The van der Waals surface area contributed by atoms with Crippen LogP contribution < -0.4 is 10.6 Å². The molecule has 8 nitrogen and oxygen atoms in total. The lowest BCUT2D eigenvalue weighted by molar-refractivity contribution is -0.148. The van der Waals surface area contributed by atoms with Gasteiger partial charge < -0.3 is 25.2 Å². The lowest BCUT2D eigenvalue weighted by atomic mass is 9.98. The molecule has 32 heavy (non-hydrogen) atoms. The molecule has 4 rings (SSSR count). The number of fused-ring (bicyclic) bond motifs is 3. The molecule has 1 fully saturated rings. The quantitative estimate of drug-likeness (QED) is 0.612. The van der Waals surface area contributed by atoms with E-state index in [1.807, 2.05) is 36.4 Å². The topological polar surface area (TPSA) is 114 Å². The fraction of sp³-hybridized carbons (Fsp3) is 0.375. The van der Waals surface area contributed by atoms with Gasteiger partial charge in [-0.1, -0.05) is 55.5 Å². The molecule has 0 saturated carbocycles. The van der Waals surface area contributed by atoms with Gasteiger partial charge in [0.2, 0.25) is 5.91 Å².